The summed E-state index contributed by atoms with van der Waals surface area (Å²) in [5.41, 5.74) is -0.0840. The molecule has 0 aliphatic carbocycles. The molecule has 2 amide bonds. The average molecular weight is 390 g/mol. The standard InChI is InChI=1S/C21H21F3N2O2/c22-17-7-3-8-18(23)15(17)9-10-20(27)25-11-4-12-26(14-13-25)21(28)16-5-1-2-6-19(16)24/h1-3,5-8H,4,9-14H2. The molecule has 1 fully saturated rings. The quantitative estimate of drug-likeness (QED) is 0.803. The molecule has 0 radical (unpaired) electrons. The zero-order valence-corrected chi connectivity index (χ0v) is 15.3. The molecule has 0 bridgehead atoms. The van der Waals surface area contributed by atoms with E-state index < -0.39 is 23.4 Å². The molecule has 1 saturated heterocycles. The Morgan fingerprint density at radius 1 is 0.786 bits per heavy atom. The van der Waals surface area contributed by atoms with Crippen molar-refractivity contribution in [1.29, 1.82) is 0 Å². The number of rotatable bonds is 4. The van der Waals surface area contributed by atoms with Gasteiger partial charge in [0.2, 0.25) is 5.91 Å². The van der Waals surface area contributed by atoms with Crippen LogP contribution >= 0.6 is 0 Å². The first-order valence-electron chi connectivity index (χ1n) is 9.22. The van der Waals surface area contributed by atoms with Gasteiger partial charge in [0.1, 0.15) is 17.5 Å². The fourth-order valence-electron chi connectivity index (χ4n) is 3.34. The lowest BCUT2D eigenvalue weighted by atomic mass is 10.1. The van der Waals surface area contributed by atoms with Gasteiger partial charge in [-0.15, -0.1) is 0 Å². The molecule has 2 aromatic carbocycles. The maximum Gasteiger partial charge on any atom is 0.256 e. The van der Waals surface area contributed by atoms with Crippen LogP contribution in [0.4, 0.5) is 13.2 Å². The van der Waals surface area contributed by atoms with E-state index in [1.165, 1.54) is 41.3 Å². The Kier molecular flexibility index (Phi) is 6.34. The molecular weight excluding hydrogens is 369 g/mol. The summed E-state index contributed by atoms with van der Waals surface area (Å²) in [4.78, 5) is 28.1. The van der Waals surface area contributed by atoms with E-state index >= 15 is 0 Å². The molecule has 1 heterocycles. The topological polar surface area (TPSA) is 40.6 Å². The number of carbonyl (C=O) groups is 2. The number of carbonyl (C=O) groups excluding carboxylic acids is 2. The lowest BCUT2D eigenvalue weighted by Gasteiger charge is -2.22. The zero-order chi connectivity index (χ0) is 20.1. The molecule has 28 heavy (non-hydrogen) atoms. The van der Waals surface area contributed by atoms with Crippen LogP contribution in [0.3, 0.4) is 0 Å². The van der Waals surface area contributed by atoms with Crippen molar-refractivity contribution in [1.82, 2.24) is 9.80 Å². The molecule has 1 aliphatic heterocycles. The molecule has 0 N–H and O–H groups in total. The van der Waals surface area contributed by atoms with Gasteiger partial charge < -0.3 is 9.80 Å². The van der Waals surface area contributed by atoms with Crippen molar-refractivity contribution in [2.24, 2.45) is 0 Å². The van der Waals surface area contributed by atoms with E-state index in [2.05, 4.69) is 0 Å². The predicted octanol–water partition coefficient (Wildman–Crippen LogP) is 3.41. The van der Waals surface area contributed by atoms with Crippen molar-refractivity contribution in [2.45, 2.75) is 19.3 Å². The van der Waals surface area contributed by atoms with Gasteiger partial charge in [0, 0.05) is 38.2 Å². The van der Waals surface area contributed by atoms with Gasteiger partial charge in [-0.2, -0.15) is 0 Å². The van der Waals surface area contributed by atoms with Crippen LogP contribution in [-0.2, 0) is 11.2 Å². The highest BCUT2D eigenvalue weighted by molar-refractivity contribution is 5.94. The first kappa shape index (κ1) is 19.9. The fourth-order valence-corrected chi connectivity index (χ4v) is 3.34. The fraction of sp³-hybridized carbons (Fsp3) is 0.333. The summed E-state index contributed by atoms with van der Waals surface area (Å²) in [6.07, 6.45) is 0.519. The second-order valence-electron chi connectivity index (χ2n) is 6.71. The Hall–Kier alpha value is -2.83. The molecule has 0 aromatic heterocycles. The highest BCUT2D eigenvalue weighted by Crippen LogP contribution is 2.16. The summed E-state index contributed by atoms with van der Waals surface area (Å²) in [6.45, 7) is 1.45. The van der Waals surface area contributed by atoms with Crippen molar-refractivity contribution in [3.63, 3.8) is 0 Å². The molecule has 3 rings (SSSR count). The van der Waals surface area contributed by atoms with Crippen LogP contribution in [0, 0.1) is 17.5 Å². The third-order valence-corrected chi connectivity index (χ3v) is 4.89. The smallest absolute Gasteiger partial charge is 0.256 e. The van der Waals surface area contributed by atoms with Crippen LogP contribution in [0.1, 0.15) is 28.8 Å². The highest BCUT2D eigenvalue weighted by Gasteiger charge is 2.24. The van der Waals surface area contributed by atoms with Crippen molar-refractivity contribution in [3.05, 3.63) is 71.0 Å². The lowest BCUT2D eigenvalue weighted by Crippen LogP contribution is -2.37. The van der Waals surface area contributed by atoms with E-state index in [1.54, 1.807) is 11.0 Å². The van der Waals surface area contributed by atoms with Crippen LogP contribution in [0.25, 0.3) is 0 Å². The summed E-state index contributed by atoms with van der Waals surface area (Å²) in [5.74, 6) is -2.52. The third-order valence-electron chi connectivity index (χ3n) is 4.89. The Morgan fingerprint density at radius 2 is 1.39 bits per heavy atom. The minimum absolute atomic E-state index is 0.0114. The predicted molar refractivity (Wildman–Crippen MR) is 98.2 cm³/mol. The number of hydrogen-bond donors (Lipinski definition) is 0. The molecule has 0 spiro atoms. The molecule has 1 aliphatic rings. The third kappa shape index (κ3) is 4.52. The summed E-state index contributed by atoms with van der Waals surface area (Å²) in [5, 5.41) is 0. The minimum Gasteiger partial charge on any atom is -0.341 e. The second kappa shape index (κ2) is 8.91. The molecule has 2 aromatic rings. The van der Waals surface area contributed by atoms with Gasteiger partial charge in [0.15, 0.2) is 0 Å². The summed E-state index contributed by atoms with van der Waals surface area (Å²) >= 11 is 0. The Labute approximate surface area is 161 Å². The van der Waals surface area contributed by atoms with E-state index in [0.29, 0.717) is 26.1 Å². The summed E-state index contributed by atoms with van der Waals surface area (Å²) < 4.78 is 41.3. The van der Waals surface area contributed by atoms with E-state index in [4.69, 9.17) is 0 Å². The van der Waals surface area contributed by atoms with Crippen molar-refractivity contribution in [2.75, 3.05) is 26.2 Å². The number of benzene rings is 2. The molecule has 148 valence electrons. The van der Waals surface area contributed by atoms with Crippen LogP contribution in [-0.4, -0.2) is 47.8 Å². The van der Waals surface area contributed by atoms with Crippen LogP contribution in [0.2, 0.25) is 0 Å². The molecule has 4 nitrogen and oxygen atoms in total. The highest BCUT2D eigenvalue weighted by atomic mass is 19.1. The molecule has 0 unspecified atom stereocenters. The SMILES string of the molecule is O=C(CCc1c(F)cccc1F)N1CCCN(C(=O)c2ccccc2F)CC1. The normalized spacial score (nSPS) is 14.7. The number of hydrogen-bond acceptors (Lipinski definition) is 2. The largest absolute Gasteiger partial charge is 0.341 e. The Morgan fingerprint density at radius 3 is 2.11 bits per heavy atom. The van der Waals surface area contributed by atoms with Gasteiger partial charge in [0.25, 0.3) is 5.91 Å². The van der Waals surface area contributed by atoms with E-state index in [0.717, 1.165) is 0 Å². The van der Waals surface area contributed by atoms with Gasteiger partial charge in [-0.05, 0) is 37.1 Å². The maximum absolute atomic E-state index is 13.9. The van der Waals surface area contributed by atoms with Gasteiger partial charge in [-0.25, -0.2) is 13.2 Å². The first-order valence-corrected chi connectivity index (χ1v) is 9.22. The first-order chi connectivity index (χ1) is 13.5. The molecule has 0 atom stereocenters. The van der Waals surface area contributed by atoms with Crippen molar-refractivity contribution >= 4 is 11.8 Å². The number of halogens is 3. The molecule has 7 heteroatoms. The van der Waals surface area contributed by atoms with Gasteiger partial charge in [-0.1, -0.05) is 18.2 Å². The summed E-state index contributed by atoms with van der Waals surface area (Å²) in [7, 11) is 0. The van der Waals surface area contributed by atoms with Crippen LogP contribution < -0.4 is 0 Å². The second-order valence-corrected chi connectivity index (χ2v) is 6.71. The van der Waals surface area contributed by atoms with Gasteiger partial charge in [-0.3, -0.25) is 9.59 Å². The molecular formula is C21H21F3N2O2. The Balaban J connectivity index is 1.58. The molecule has 0 saturated carbocycles. The monoisotopic (exact) mass is 390 g/mol. The van der Waals surface area contributed by atoms with Gasteiger partial charge in [0.05, 0.1) is 5.56 Å². The van der Waals surface area contributed by atoms with Crippen molar-refractivity contribution < 1.29 is 22.8 Å². The average Bonchev–Trinajstić information content (AvgIpc) is 2.93. The number of amides is 2. The Bertz CT molecular complexity index is 852. The number of nitrogens with zero attached hydrogens (tertiary/aromatic N) is 2. The lowest BCUT2D eigenvalue weighted by molar-refractivity contribution is -0.131. The van der Waals surface area contributed by atoms with E-state index in [1.807, 2.05) is 0 Å². The van der Waals surface area contributed by atoms with Crippen LogP contribution in [0.15, 0.2) is 42.5 Å². The minimum atomic E-state index is -0.662. The zero-order valence-electron chi connectivity index (χ0n) is 15.3. The summed E-state index contributed by atoms with van der Waals surface area (Å²) in [6, 6.07) is 9.42. The van der Waals surface area contributed by atoms with E-state index in [9.17, 15) is 22.8 Å². The van der Waals surface area contributed by atoms with Crippen LogP contribution in [0.5, 0.6) is 0 Å². The van der Waals surface area contributed by atoms with Gasteiger partial charge >= 0.3 is 0 Å². The van der Waals surface area contributed by atoms with Crippen molar-refractivity contribution in [3.8, 4) is 0 Å². The van der Waals surface area contributed by atoms with E-state index in [-0.39, 0.29) is 36.4 Å². The maximum atomic E-state index is 13.9.